The first-order valence-electron chi connectivity index (χ1n) is 12.4. The van der Waals surface area contributed by atoms with Crippen LogP contribution in [0.25, 0.3) is 0 Å². The summed E-state index contributed by atoms with van der Waals surface area (Å²) in [5.41, 5.74) is 1.61. The second kappa shape index (κ2) is 12.0. The number of halogens is 2. The Labute approximate surface area is 226 Å². The molecule has 37 heavy (non-hydrogen) atoms. The summed E-state index contributed by atoms with van der Waals surface area (Å²) in [6.45, 7) is 0.325. The lowest BCUT2D eigenvalue weighted by molar-refractivity contribution is -0.142. The minimum atomic E-state index is -0.464. The molecule has 0 radical (unpaired) electrons. The number of ether oxygens (including phenoxy) is 2. The van der Waals surface area contributed by atoms with E-state index in [0.29, 0.717) is 52.9 Å². The maximum atomic E-state index is 13.5. The van der Waals surface area contributed by atoms with Crippen LogP contribution in [-0.2, 0) is 22.6 Å². The minimum absolute atomic E-state index is 0.0360. The molecule has 8 nitrogen and oxygen atoms in total. The molecular formula is C27H31Cl2N3O5. The quantitative estimate of drug-likeness (QED) is 0.491. The van der Waals surface area contributed by atoms with E-state index in [2.05, 4.69) is 5.32 Å². The Hall–Kier alpha value is -2.97. The molecule has 1 N–H and O–H groups in total. The van der Waals surface area contributed by atoms with Crippen molar-refractivity contribution in [1.82, 2.24) is 15.1 Å². The number of imide groups is 1. The van der Waals surface area contributed by atoms with Gasteiger partial charge in [0, 0.05) is 22.6 Å². The highest BCUT2D eigenvalue weighted by Crippen LogP contribution is 2.35. The van der Waals surface area contributed by atoms with Gasteiger partial charge in [0.1, 0.15) is 6.54 Å². The van der Waals surface area contributed by atoms with Gasteiger partial charge in [0.15, 0.2) is 11.5 Å². The second-order valence-corrected chi connectivity index (χ2v) is 10.2. The fraction of sp³-hybridized carbons (Fsp3) is 0.444. The molecule has 2 unspecified atom stereocenters. The predicted molar refractivity (Wildman–Crippen MR) is 141 cm³/mol. The molecule has 1 aliphatic carbocycles. The molecule has 4 amide bonds. The standard InChI is InChI=1S/C27H31Cl2N3O5/c1-36-23-10-7-17(13-24(23)37-2)11-12-30-25(33)16-31-22-6-4-3-5-20(22)26(34)32(27(31)35)15-18-8-9-19(28)14-21(18)29/h7-10,13-14,20,22H,3-6,11-12,15-16H2,1-2H3,(H,30,33). The lowest BCUT2D eigenvalue weighted by atomic mass is 9.81. The van der Waals surface area contributed by atoms with Crippen LogP contribution in [0.5, 0.6) is 11.5 Å². The Morgan fingerprint density at radius 1 is 1.03 bits per heavy atom. The van der Waals surface area contributed by atoms with Gasteiger partial charge in [0.25, 0.3) is 0 Å². The maximum Gasteiger partial charge on any atom is 0.327 e. The fourth-order valence-corrected chi connectivity index (χ4v) is 5.58. The van der Waals surface area contributed by atoms with Gasteiger partial charge in [0.05, 0.1) is 26.7 Å². The molecule has 1 aliphatic heterocycles. The zero-order valence-corrected chi connectivity index (χ0v) is 22.5. The number of hydrogen-bond donors (Lipinski definition) is 1. The van der Waals surface area contributed by atoms with Gasteiger partial charge < -0.3 is 19.7 Å². The van der Waals surface area contributed by atoms with Gasteiger partial charge in [-0.3, -0.25) is 14.5 Å². The first-order valence-corrected chi connectivity index (χ1v) is 13.1. The van der Waals surface area contributed by atoms with Gasteiger partial charge in [-0.25, -0.2) is 4.79 Å². The van der Waals surface area contributed by atoms with Crippen LogP contribution in [0.4, 0.5) is 4.79 Å². The van der Waals surface area contributed by atoms with Crippen molar-refractivity contribution < 1.29 is 23.9 Å². The Morgan fingerprint density at radius 3 is 2.51 bits per heavy atom. The van der Waals surface area contributed by atoms with Crippen molar-refractivity contribution in [3.63, 3.8) is 0 Å². The zero-order chi connectivity index (χ0) is 26.5. The number of fused-ring (bicyclic) bond motifs is 1. The van der Waals surface area contributed by atoms with Crippen molar-refractivity contribution in [1.29, 1.82) is 0 Å². The highest BCUT2D eigenvalue weighted by molar-refractivity contribution is 6.35. The van der Waals surface area contributed by atoms with Crippen LogP contribution in [0.1, 0.15) is 36.8 Å². The van der Waals surface area contributed by atoms with Crippen LogP contribution in [0.15, 0.2) is 36.4 Å². The van der Waals surface area contributed by atoms with Crippen molar-refractivity contribution in [3.05, 3.63) is 57.6 Å². The third-order valence-electron chi connectivity index (χ3n) is 7.03. The number of nitrogens with zero attached hydrogens (tertiary/aromatic N) is 2. The molecule has 1 saturated heterocycles. The summed E-state index contributed by atoms with van der Waals surface area (Å²) in [5.74, 6) is 0.471. The highest BCUT2D eigenvalue weighted by atomic mass is 35.5. The third-order valence-corrected chi connectivity index (χ3v) is 7.62. The fourth-order valence-electron chi connectivity index (χ4n) is 5.11. The molecule has 0 aromatic heterocycles. The van der Waals surface area contributed by atoms with E-state index in [9.17, 15) is 14.4 Å². The summed E-state index contributed by atoms with van der Waals surface area (Å²) < 4.78 is 10.6. The van der Waals surface area contributed by atoms with Crippen molar-refractivity contribution in [2.75, 3.05) is 27.3 Å². The van der Waals surface area contributed by atoms with Crippen LogP contribution in [0.3, 0.4) is 0 Å². The number of methoxy groups -OCH3 is 2. The molecule has 0 spiro atoms. The molecular weight excluding hydrogens is 517 g/mol. The number of amides is 4. The SMILES string of the molecule is COc1ccc(CCNC(=O)CN2C(=O)N(Cc3ccc(Cl)cc3Cl)C(=O)C3CCCCC32)cc1OC. The maximum absolute atomic E-state index is 13.5. The van der Waals surface area contributed by atoms with Gasteiger partial charge in [-0.05, 0) is 54.7 Å². The van der Waals surface area contributed by atoms with Gasteiger partial charge in [0.2, 0.25) is 11.8 Å². The van der Waals surface area contributed by atoms with E-state index >= 15 is 0 Å². The molecule has 1 saturated carbocycles. The van der Waals surface area contributed by atoms with E-state index in [1.807, 2.05) is 18.2 Å². The van der Waals surface area contributed by atoms with Crippen molar-refractivity contribution in [2.24, 2.45) is 5.92 Å². The number of carbonyl (C=O) groups excluding carboxylic acids is 3. The highest BCUT2D eigenvalue weighted by Gasteiger charge is 2.47. The van der Waals surface area contributed by atoms with Crippen LogP contribution in [0.2, 0.25) is 10.0 Å². The van der Waals surface area contributed by atoms with Crippen LogP contribution in [0, 0.1) is 5.92 Å². The largest absolute Gasteiger partial charge is 0.493 e. The Balaban J connectivity index is 1.42. The normalized spacial score (nSPS) is 19.5. The van der Waals surface area contributed by atoms with Gasteiger partial charge in [-0.15, -0.1) is 0 Å². The monoisotopic (exact) mass is 547 g/mol. The van der Waals surface area contributed by atoms with Crippen molar-refractivity contribution in [3.8, 4) is 11.5 Å². The first-order chi connectivity index (χ1) is 17.8. The Kier molecular flexibility index (Phi) is 8.82. The molecule has 2 aromatic carbocycles. The minimum Gasteiger partial charge on any atom is -0.493 e. The van der Waals surface area contributed by atoms with E-state index < -0.39 is 6.03 Å². The third kappa shape index (κ3) is 6.13. The van der Waals surface area contributed by atoms with E-state index in [0.717, 1.165) is 18.4 Å². The number of urea groups is 1. The van der Waals surface area contributed by atoms with E-state index in [4.69, 9.17) is 32.7 Å². The number of hydrogen-bond acceptors (Lipinski definition) is 5. The van der Waals surface area contributed by atoms with Crippen LogP contribution >= 0.6 is 23.2 Å². The van der Waals surface area contributed by atoms with Gasteiger partial charge >= 0.3 is 6.03 Å². The zero-order valence-electron chi connectivity index (χ0n) is 21.0. The molecule has 4 rings (SSSR count). The van der Waals surface area contributed by atoms with Crippen LogP contribution in [-0.4, -0.2) is 61.0 Å². The molecule has 198 valence electrons. The van der Waals surface area contributed by atoms with E-state index in [1.54, 1.807) is 37.3 Å². The summed E-state index contributed by atoms with van der Waals surface area (Å²) in [7, 11) is 3.15. The average Bonchev–Trinajstić information content (AvgIpc) is 2.90. The van der Waals surface area contributed by atoms with Crippen LogP contribution < -0.4 is 14.8 Å². The van der Waals surface area contributed by atoms with Gasteiger partial charge in [-0.2, -0.15) is 0 Å². The summed E-state index contributed by atoms with van der Waals surface area (Å²) >= 11 is 12.3. The first kappa shape index (κ1) is 27.1. The average molecular weight is 548 g/mol. The molecule has 2 fully saturated rings. The Morgan fingerprint density at radius 2 is 1.78 bits per heavy atom. The van der Waals surface area contributed by atoms with Crippen molar-refractivity contribution in [2.45, 2.75) is 44.7 Å². The predicted octanol–water partition coefficient (Wildman–Crippen LogP) is 4.69. The lowest BCUT2D eigenvalue weighted by Crippen LogP contribution is -2.63. The Bertz CT molecular complexity index is 1170. The van der Waals surface area contributed by atoms with E-state index in [-0.39, 0.29) is 36.9 Å². The summed E-state index contributed by atoms with van der Waals surface area (Å²) in [5, 5.41) is 3.77. The molecule has 10 heteroatoms. The lowest BCUT2D eigenvalue weighted by Gasteiger charge is -2.46. The summed E-state index contributed by atoms with van der Waals surface area (Å²) in [4.78, 5) is 42.5. The molecule has 2 aliphatic rings. The summed E-state index contributed by atoms with van der Waals surface area (Å²) in [6, 6.07) is 9.85. The number of rotatable bonds is 9. The molecule has 0 bridgehead atoms. The topological polar surface area (TPSA) is 88.2 Å². The number of carbonyl (C=O) groups is 3. The van der Waals surface area contributed by atoms with Gasteiger partial charge in [-0.1, -0.05) is 48.2 Å². The number of nitrogens with one attached hydrogen (secondary N) is 1. The van der Waals surface area contributed by atoms with Crippen molar-refractivity contribution >= 4 is 41.0 Å². The molecule has 2 aromatic rings. The summed E-state index contributed by atoms with van der Waals surface area (Å²) in [6.07, 6.45) is 3.82. The molecule has 2 atom stereocenters. The molecule has 1 heterocycles. The number of benzene rings is 2. The second-order valence-electron chi connectivity index (χ2n) is 9.32. The smallest absolute Gasteiger partial charge is 0.327 e. The van der Waals surface area contributed by atoms with E-state index in [1.165, 1.54) is 4.90 Å².